The Morgan fingerprint density at radius 1 is 1.10 bits per heavy atom. The van der Waals surface area contributed by atoms with Gasteiger partial charge in [-0.3, -0.25) is 4.79 Å². The molecule has 1 aromatic heterocycles. The molecule has 1 aliphatic carbocycles. The summed E-state index contributed by atoms with van der Waals surface area (Å²) < 4.78 is 38.9. The SMILES string of the molecule is O=C([C@@H]1C[C@H]2CCN(c3cc(C(F)(F)F)ncn3)C[C@H]21)N1Cc2ccccc2C1. The summed E-state index contributed by atoms with van der Waals surface area (Å²) in [4.78, 5) is 24.3. The summed E-state index contributed by atoms with van der Waals surface area (Å²) in [6.45, 7) is 2.52. The lowest BCUT2D eigenvalue weighted by Gasteiger charge is -2.51. The Morgan fingerprint density at radius 3 is 2.52 bits per heavy atom. The number of alkyl halides is 3. The number of carbonyl (C=O) groups is 1. The van der Waals surface area contributed by atoms with Gasteiger partial charge in [-0.15, -0.1) is 0 Å². The van der Waals surface area contributed by atoms with Gasteiger partial charge in [0.2, 0.25) is 5.91 Å². The Balaban J connectivity index is 1.28. The lowest BCUT2D eigenvalue weighted by molar-refractivity contribution is -0.145. The monoisotopic (exact) mass is 402 g/mol. The van der Waals surface area contributed by atoms with Crippen LogP contribution in [0.15, 0.2) is 36.7 Å². The van der Waals surface area contributed by atoms with E-state index in [1.807, 2.05) is 21.9 Å². The van der Waals surface area contributed by atoms with E-state index in [2.05, 4.69) is 22.1 Å². The second kappa shape index (κ2) is 6.71. The minimum absolute atomic E-state index is 0.0546. The number of carbonyl (C=O) groups excluding carboxylic acids is 1. The molecule has 0 unspecified atom stereocenters. The summed E-state index contributed by atoms with van der Waals surface area (Å²) in [5.41, 5.74) is 1.46. The Kier molecular flexibility index (Phi) is 4.26. The Labute approximate surface area is 166 Å². The molecule has 152 valence electrons. The van der Waals surface area contributed by atoms with E-state index in [0.717, 1.165) is 25.2 Å². The molecule has 2 aromatic rings. The van der Waals surface area contributed by atoms with Crippen molar-refractivity contribution in [1.29, 1.82) is 0 Å². The van der Waals surface area contributed by atoms with Crippen molar-refractivity contribution in [1.82, 2.24) is 14.9 Å². The number of aromatic nitrogens is 2. The van der Waals surface area contributed by atoms with Crippen molar-refractivity contribution in [3.8, 4) is 0 Å². The van der Waals surface area contributed by atoms with E-state index in [-0.39, 0.29) is 23.6 Å². The molecule has 1 saturated heterocycles. The van der Waals surface area contributed by atoms with Crippen LogP contribution in [-0.2, 0) is 24.1 Å². The highest BCUT2D eigenvalue weighted by atomic mass is 19.4. The number of piperidine rings is 1. The number of hydrogen-bond donors (Lipinski definition) is 0. The largest absolute Gasteiger partial charge is 0.433 e. The van der Waals surface area contributed by atoms with Gasteiger partial charge in [-0.25, -0.2) is 9.97 Å². The van der Waals surface area contributed by atoms with E-state index in [0.29, 0.717) is 32.1 Å². The van der Waals surface area contributed by atoms with Crippen molar-refractivity contribution in [3.63, 3.8) is 0 Å². The van der Waals surface area contributed by atoms with Crippen molar-refractivity contribution >= 4 is 11.7 Å². The smallest absolute Gasteiger partial charge is 0.356 e. The highest BCUT2D eigenvalue weighted by molar-refractivity contribution is 5.81. The van der Waals surface area contributed by atoms with Crippen LogP contribution in [0.4, 0.5) is 19.0 Å². The van der Waals surface area contributed by atoms with Crippen LogP contribution < -0.4 is 4.90 Å². The zero-order valence-electron chi connectivity index (χ0n) is 15.8. The maximum Gasteiger partial charge on any atom is 0.433 e. The van der Waals surface area contributed by atoms with E-state index >= 15 is 0 Å². The zero-order valence-corrected chi connectivity index (χ0v) is 15.8. The molecular weight excluding hydrogens is 381 g/mol. The quantitative estimate of drug-likeness (QED) is 0.772. The number of hydrogen-bond acceptors (Lipinski definition) is 4. The third-order valence-electron chi connectivity index (χ3n) is 6.62. The Morgan fingerprint density at radius 2 is 1.83 bits per heavy atom. The van der Waals surface area contributed by atoms with Gasteiger partial charge < -0.3 is 9.80 Å². The molecule has 2 aliphatic heterocycles. The number of fused-ring (bicyclic) bond motifs is 2. The molecule has 5 rings (SSSR count). The average molecular weight is 402 g/mol. The van der Waals surface area contributed by atoms with E-state index < -0.39 is 11.9 Å². The Bertz CT molecular complexity index is 923. The van der Waals surface area contributed by atoms with Crippen LogP contribution in [0.25, 0.3) is 0 Å². The third kappa shape index (κ3) is 3.24. The second-order valence-electron chi connectivity index (χ2n) is 8.22. The normalized spacial score (nSPS) is 26.0. The molecule has 29 heavy (non-hydrogen) atoms. The summed E-state index contributed by atoms with van der Waals surface area (Å²) in [5, 5.41) is 0. The summed E-state index contributed by atoms with van der Waals surface area (Å²) in [5.74, 6) is 1.04. The number of nitrogens with zero attached hydrogens (tertiary/aromatic N) is 4. The standard InChI is InChI=1S/C21H21F3N4O/c22-21(23,24)18-8-19(26-12-25-18)27-6-5-13-7-16(17(13)11-27)20(29)28-9-14-3-1-2-4-15(14)10-28/h1-4,8,12-13,16-17H,5-7,9-11H2/t13-,16-,17-/m1/s1. The molecule has 1 aromatic carbocycles. The molecule has 5 nitrogen and oxygen atoms in total. The fourth-order valence-corrected chi connectivity index (χ4v) is 4.97. The highest BCUT2D eigenvalue weighted by Gasteiger charge is 2.49. The molecule has 1 saturated carbocycles. The summed E-state index contributed by atoms with van der Waals surface area (Å²) in [6, 6.07) is 9.10. The molecule has 3 heterocycles. The first-order valence-electron chi connectivity index (χ1n) is 9.90. The number of rotatable bonds is 2. The van der Waals surface area contributed by atoms with Gasteiger partial charge in [-0.1, -0.05) is 24.3 Å². The zero-order chi connectivity index (χ0) is 20.2. The van der Waals surface area contributed by atoms with Crippen LogP contribution in [-0.4, -0.2) is 33.9 Å². The van der Waals surface area contributed by atoms with Crippen molar-refractivity contribution < 1.29 is 18.0 Å². The highest BCUT2D eigenvalue weighted by Crippen LogP contribution is 2.47. The van der Waals surface area contributed by atoms with Crippen LogP contribution in [0.2, 0.25) is 0 Å². The summed E-state index contributed by atoms with van der Waals surface area (Å²) >= 11 is 0. The fourth-order valence-electron chi connectivity index (χ4n) is 4.97. The maximum absolute atomic E-state index is 13.1. The van der Waals surface area contributed by atoms with E-state index in [1.54, 1.807) is 0 Å². The predicted molar refractivity (Wildman–Crippen MR) is 99.6 cm³/mol. The average Bonchev–Trinajstić information content (AvgIpc) is 3.12. The van der Waals surface area contributed by atoms with Crippen LogP contribution in [0.1, 0.15) is 29.7 Å². The van der Waals surface area contributed by atoms with E-state index in [9.17, 15) is 18.0 Å². The summed E-state index contributed by atoms with van der Waals surface area (Å²) in [6.07, 6.45) is -1.77. The molecule has 3 aliphatic rings. The van der Waals surface area contributed by atoms with E-state index in [1.165, 1.54) is 11.1 Å². The first-order chi connectivity index (χ1) is 13.9. The molecule has 8 heteroatoms. The maximum atomic E-state index is 13.1. The lowest BCUT2D eigenvalue weighted by atomic mass is 9.61. The molecular formula is C21H21F3N4O. The fraction of sp³-hybridized carbons (Fsp3) is 0.476. The second-order valence-corrected chi connectivity index (χ2v) is 8.22. The molecule has 0 bridgehead atoms. The first-order valence-corrected chi connectivity index (χ1v) is 9.90. The minimum atomic E-state index is -4.49. The molecule has 0 N–H and O–H groups in total. The van der Waals surface area contributed by atoms with Crippen LogP contribution in [0.5, 0.6) is 0 Å². The number of benzene rings is 1. The van der Waals surface area contributed by atoms with Crippen LogP contribution >= 0.6 is 0 Å². The van der Waals surface area contributed by atoms with Gasteiger partial charge in [0.15, 0.2) is 0 Å². The molecule has 2 fully saturated rings. The van der Waals surface area contributed by atoms with E-state index in [4.69, 9.17) is 0 Å². The minimum Gasteiger partial charge on any atom is -0.356 e. The number of amides is 1. The molecule has 0 radical (unpaired) electrons. The van der Waals surface area contributed by atoms with Gasteiger partial charge in [0.25, 0.3) is 0 Å². The van der Waals surface area contributed by atoms with Gasteiger partial charge >= 0.3 is 6.18 Å². The predicted octanol–water partition coefficient (Wildman–Crippen LogP) is 3.50. The van der Waals surface area contributed by atoms with Gasteiger partial charge in [0.1, 0.15) is 17.8 Å². The first kappa shape index (κ1) is 18.4. The lowest BCUT2D eigenvalue weighted by Crippen LogP contribution is -2.55. The van der Waals surface area contributed by atoms with Gasteiger partial charge in [0.05, 0.1) is 0 Å². The van der Waals surface area contributed by atoms with Crippen LogP contribution in [0, 0.1) is 17.8 Å². The van der Waals surface area contributed by atoms with Crippen LogP contribution in [0.3, 0.4) is 0 Å². The van der Waals surface area contributed by atoms with Crippen molar-refractivity contribution in [3.05, 3.63) is 53.5 Å². The number of halogens is 3. The van der Waals surface area contributed by atoms with Crippen molar-refractivity contribution in [2.45, 2.75) is 32.1 Å². The third-order valence-corrected chi connectivity index (χ3v) is 6.62. The van der Waals surface area contributed by atoms with Crippen molar-refractivity contribution in [2.24, 2.45) is 17.8 Å². The molecule has 1 amide bonds. The molecule has 3 atom stereocenters. The van der Waals surface area contributed by atoms with Gasteiger partial charge in [-0.2, -0.15) is 13.2 Å². The Hall–Kier alpha value is -2.64. The van der Waals surface area contributed by atoms with Crippen molar-refractivity contribution in [2.75, 3.05) is 18.0 Å². The van der Waals surface area contributed by atoms with Gasteiger partial charge in [0, 0.05) is 38.2 Å². The summed E-state index contributed by atoms with van der Waals surface area (Å²) in [7, 11) is 0. The van der Waals surface area contributed by atoms with Gasteiger partial charge in [-0.05, 0) is 35.8 Å². The topological polar surface area (TPSA) is 49.3 Å². The molecule has 0 spiro atoms. The number of anilines is 1.